The molecule has 22 heavy (non-hydrogen) atoms. The Labute approximate surface area is 129 Å². The van der Waals surface area contributed by atoms with E-state index >= 15 is 0 Å². The molecule has 3 N–H and O–H groups in total. The Morgan fingerprint density at radius 2 is 1.95 bits per heavy atom. The van der Waals surface area contributed by atoms with Gasteiger partial charge in [-0.15, -0.1) is 0 Å². The molecule has 3 aromatic rings. The standard InChI is InChI=1S/C18H19N3O/c1-13(14-5-3-2-4-6-14)12-20-18(22)21-16-8-7-15-9-10-19-17(15)11-16/h2-11,13,19H,12H2,1H3,(H2,20,21,22). The first kappa shape index (κ1) is 14.2. The number of nitrogens with one attached hydrogen (secondary N) is 3. The molecule has 0 saturated heterocycles. The Bertz CT molecular complexity index is 764. The van der Waals surface area contributed by atoms with Crippen molar-refractivity contribution in [3.05, 3.63) is 66.4 Å². The third kappa shape index (κ3) is 3.28. The maximum atomic E-state index is 12.0. The Hall–Kier alpha value is -2.75. The summed E-state index contributed by atoms with van der Waals surface area (Å²) in [7, 11) is 0. The molecule has 0 bridgehead atoms. The van der Waals surface area contributed by atoms with Gasteiger partial charge >= 0.3 is 6.03 Å². The number of fused-ring (bicyclic) bond motifs is 1. The summed E-state index contributed by atoms with van der Waals surface area (Å²) >= 11 is 0. The van der Waals surface area contributed by atoms with E-state index in [0.717, 1.165) is 16.6 Å². The summed E-state index contributed by atoms with van der Waals surface area (Å²) in [5.74, 6) is 0.276. The molecule has 1 aromatic heterocycles. The predicted octanol–water partition coefficient (Wildman–Crippen LogP) is 4.09. The van der Waals surface area contributed by atoms with Crippen LogP contribution in [-0.4, -0.2) is 17.6 Å². The molecule has 4 nitrogen and oxygen atoms in total. The first-order chi connectivity index (χ1) is 10.7. The monoisotopic (exact) mass is 293 g/mol. The topological polar surface area (TPSA) is 56.9 Å². The van der Waals surface area contributed by atoms with E-state index in [-0.39, 0.29) is 11.9 Å². The molecule has 4 heteroatoms. The van der Waals surface area contributed by atoms with Crippen LogP contribution in [0.25, 0.3) is 10.9 Å². The Kier molecular flexibility index (Phi) is 4.10. The van der Waals surface area contributed by atoms with Crippen molar-refractivity contribution in [3.63, 3.8) is 0 Å². The van der Waals surface area contributed by atoms with Crippen LogP contribution in [0.4, 0.5) is 10.5 Å². The summed E-state index contributed by atoms with van der Waals surface area (Å²) in [4.78, 5) is 15.1. The molecule has 3 rings (SSSR count). The third-order valence-corrected chi connectivity index (χ3v) is 3.75. The summed E-state index contributed by atoms with van der Waals surface area (Å²) in [6.45, 7) is 2.70. The Morgan fingerprint density at radius 3 is 2.77 bits per heavy atom. The summed E-state index contributed by atoms with van der Waals surface area (Å²) in [5.41, 5.74) is 3.01. The Morgan fingerprint density at radius 1 is 1.14 bits per heavy atom. The van der Waals surface area contributed by atoms with Gasteiger partial charge in [-0.2, -0.15) is 0 Å². The molecule has 112 valence electrons. The maximum Gasteiger partial charge on any atom is 0.319 e. The molecule has 0 saturated carbocycles. The van der Waals surface area contributed by atoms with Gasteiger partial charge in [-0.25, -0.2) is 4.79 Å². The number of urea groups is 1. The number of rotatable bonds is 4. The van der Waals surface area contributed by atoms with Gasteiger partial charge < -0.3 is 15.6 Å². The van der Waals surface area contributed by atoms with Crippen LogP contribution in [0.15, 0.2) is 60.8 Å². The molecule has 0 radical (unpaired) electrons. The second kappa shape index (κ2) is 6.35. The van der Waals surface area contributed by atoms with Gasteiger partial charge in [-0.3, -0.25) is 0 Å². The molecule has 1 unspecified atom stereocenters. The largest absolute Gasteiger partial charge is 0.361 e. The fourth-order valence-corrected chi connectivity index (χ4v) is 2.45. The number of hydrogen-bond acceptors (Lipinski definition) is 1. The molecule has 0 aliphatic heterocycles. The molecule has 2 aromatic carbocycles. The second-order valence-corrected chi connectivity index (χ2v) is 5.43. The van der Waals surface area contributed by atoms with Crippen molar-refractivity contribution in [1.29, 1.82) is 0 Å². The van der Waals surface area contributed by atoms with E-state index in [1.165, 1.54) is 5.56 Å². The minimum Gasteiger partial charge on any atom is -0.361 e. The van der Waals surface area contributed by atoms with Gasteiger partial charge in [-0.05, 0) is 35.1 Å². The number of aromatic amines is 1. The summed E-state index contributed by atoms with van der Waals surface area (Å²) in [6, 6.07) is 17.8. The molecular formula is C18H19N3O. The van der Waals surface area contributed by atoms with Gasteiger partial charge in [0.15, 0.2) is 0 Å². The number of carbonyl (C=O) groups excluding carboxylic acids is 1. The number of H-pyrrole nitrogens is 1. The van der Waals surface area contributed by atoms with Crippen LogP contribution >= 0.6 is 0 Å². The molecule has 0 aliphatic carbocycles. The van der Waals surface area contributed by atoms with Crippen molar-refractivity contribution in [1.82, 2.24) is 10.3 Å². The van der Waals surface area contributed by atoms with E-state index < -0.39 is 0 Å². The number of aromatic nitrogens is 1. The zero-order valence-corrected chi connectivity index (χ0v) is 12.5. The molecular weight excluding hydrogens is 274 g/mol. The van der Waals surface area contributed by atoms with E-state index in [4.69, 9.17) is 0 Å². The van der Waals surface area contributed by atoms with Gasteiger partial charge in [0.1, 0.15) is 0 Å². The van der Waals surface area contributed by atoms with Gasteiger partial charge in [0, 0.05) is 23.9 Å². The fraction of sp³-hybridized carbons (Fsp3) is 0.167. The first-order valence-electron chi connectivity index (χ1n) is 7.39. The lowest BCUT2D eigenvalue weighted by atomic mass is 10.0. The highest BCUT2D eigenvalue weighted by Crippen LogP contribution is 2.17. The SMILES string of the molecule is CC(CNC(=O)Nc1ccc2cc[nH]c2c1)c1ccccc1. The highest BCUT2D eigenvalue weighted by atomic mass is 16.2. The first-order valence-corrected chi connectivity index (χ1v) is 7.39. The van der Waals surface area contributed by atoms with Gasteiger partial charge in [-0.1, -0.05) is 43.3 Å². The van der Waals surface area contributed by atoms with Crippen molar-refractivity contribution in [3.8, 4) is 0 Å². The highest BCUT2D eigenvalue weighted by molar-refractivity contribution is 5.92. The van der Waals surface area contributed by atoms with Gasteiger partial charge in [0.2, 0.25) is 0 Å². The van der Waals surface area contributed by atoms with Crippen molar-refractivity contribution in [2.24, 2.45) is 0 Å². The van der Waals surface area contributed by atoms with Crippen LogP contribution in [0.5, 0.6) is 0 Å². The summed E-state index contributed by atoms with van der Waals surface area (Å²) < 4.78 is 0. The minimum atomic E-state index is -0.186. The molecule has 2 amide bonds. The number of amides is 2. The van der Waals surface area contributed by atoms with Crippen molar-refractivity contribution in [2.75, 3.05) is 11.9 Å². The lowest BCUT2D eigenvalue weighted by molar-refractivity contribution is 0.251. The number of carbonyl (C=O) groups is 1. The average Bonchev–Trinajstić information content (AvgIpc) is 3.01. The summed E-state index contributed by atoms with van der Waals surface area (Å²) in [6.07, 6.45) is 1.88. The number of benzene rings is 2. The van der Waals surface area contributed by atoms with Crippen molar-refractivity contribution >= 4 is 22.6 Å². The number of hydrogen-bond donors (Lipinski definition) is 3. The van der Waals surface area contributed by atoms with Crippen molar-refractivity contribution in [2.45, 2.75) is 12.8 Å². The van der Waals surface area contributed by atoms with Crippen LogP contribution in [0, 0.1) is 0 Å². The third-order valence-electron chi connectivity index (χ3n) is 3.75. The fourth-order valence-electron chi connectivity index (χ4n) is 2.45. The lowest BCUT2D eigenvalue weighted by Gasteiger charge is -2.13. The van der Waals surface area contributed by atoms with Crippen LogP contribution < -0.4 is 10.6 Å². The van der Waals surface area contributed by atoms with Crippen molar-refractivity contribution < 1.29 is 4.79 Å². The maximum absolute atomic E-state index is 12.0. The van der Waals surface area contributed by atoms with Crippen LogP contribution in [-0.2, 0) is 0 Å². The summed E-state index contributed by atoms with van der Waals surface area (Å²) in [5, 5.41) is 6.90. The van der Waals surface area contributed by atoms with Crippen LogP contribution in [0.3, 0.4) is 0 Å². The lowest BCUT2D eigenvalue weighted by Crippen LogP contribution is -2.31. The second-order valence-electron chi connectivity index (χ2n) is 5.43. The average molecular weight is 293 g/mol. The molecule has 1 atom stereocenters. The highest BCUT2D eigenvalue weighted by Gasteiger charge is 2.08. The molecule has 0 fully saturated rings. The molecule has 0 spiro atoms. The van der Waals surface area contributed by atoms with E-state index in [1.54, 1.807) is 0 Å². The number of anilines is 1. The van der Waals surface area contributed by atoms with E-state index in [1.807, 2.05) is 48.7 Å². The molecule has 0 aliphatic rings. The minimum absolute atomic E-state index is 0.186. The van der Waals surface area contributed by atoms with E-state index in [9.17, 15) is 4.79 Å². The normalized spacial score (nSPS) is 12.0. The van der Waals surface area contributed by atoms with Gasteiger partial charge in [0.25, 0.3) is 0 Å². The van der Waals surface area contributed by atoms with Crippen LogP contribution in [0.2, 0.25) is 0 Å². The van der Waals surface area contributed by atoms with E-state index in [2.05, 4.69) is 34.7 Å². The van der Waals surface area contributed by atoms with Crippen LogP contribution in [0.1, 0.15) is 18.4 Å². The Balaban J connectivity index is 1.56. The molecule has 1 heterocycles. The predicted molar refractivity (Wildman–Crippen MR) is 90.2 cm³/mol. The zero-order chi connectivity index (χ0) is 15.4. The quantitative estimate of drug-likeness (QED) is 0.666. The van der Waals surface area contributed by atoms with Gasteiger partial charge in [0.05, 0.1) is 0 Å². The smallest absolute Gasteiger partial charge is 0.319 e. The van der Waals surface area contributed by atoms with E-state index in [0.29, 0.717) is 6.54 Å². The zero-order valence-electron chi connectivity index (χ0n) is 12.5.